The molecule has 0 aliphatic carbocycles. The number of nitrogens with zero attached hydrogens (tertiary/aromatic N) is 3. The highest BCUT2D eigenvalue weighted by atomic mass is 16.5. The summed E-state index contributed by atoms with van der Waals surface area (Å²) in [5.41, 5.74) is 1.09. The number of piperidine rings is 1. The number of hydrogen-bond acceptors (Lipinski definition) is 5. The molecule has 2 amide bonds. The van der Waals surface area contributed by atoms with E-state index in [1.807, 2.05) is 30.3 Å². The first-order chi connectivity index (χ1) is 12.1. The fraction of sp³-hybridized carbons (Fsp3) is 0.444. The predicted octanol–water partition coefficient (Wildman–Crippen LogP) is 1.54. The highest BCUT2D eigenvalue weighted by molar-refractivity contribution is 5.80. The molecule has 0 bridgehead atoms. The Morgan fingerprint density at radius 2 is 2.12 bits per heavy atom. The highest BCUT2D eigenvalue weighted by Gasteiger charge is 2.27. The molecule has 0 spiro atoms. The third-order valence-corrected chi connectivity index (χ3v) is 4.37. The Labute approximate surface area is 146 Å². The van der Waals surface area contributed by atoms with Gasteiger partial charge in [0.15, 0.2) is 5.82 Å². The van der Waals surface area contributed by atoms with Gasteiger partial charge < -0.3 is 14.7 Å². The first-order valence-electron chi connectivity index (χ1n) is 8.50. The van der Waals surface area contributed by atoms with Crippen molar-refractivity contribution in [1.82, 2.24) is 20.4 Å². The van der Waals surface area contributed by atoms with Crippen LogP contribution >= 0.6 is 0 Å². The van der Waals surface area contributed by atoms with Gasteiger partial charge in [0, 0.05) is 20.0 Å². The Kier molecular flexibility index (Phi) is 5.42. The lowest BCUT2D eigenvalue weighted by Gasteiger charge is -2.31. The van der Waals surface area contributed by atoms with Crippen LogP contribution < -0.4 is 5.32 Å². The van der Waals surface area contributed by atoms with Crippen LogP contribution in [0.3, 0.4) is 0 Å². The number of rotatable bonds is 5. The SMILES string of the molecule is CC(=O)N1CCC[C@@H](C(=O)NCc2noc(Cc3ccccc3)n2)C1. The Balaban J connectivity index is 1.50. The van der Waals surface area contributed by atoms with Gasteiger partial charge in [0.05, 0.1) is 18.9 Å². The van der Waals surface area contributed by atoms with Crippen molar-refractivity contribution in [1.29, 1.82) is 0 Å². The van der Waals surface area contributed by atoms with E-state index in [9.17, 15) is 9.59 Å². The van der Waals surface area contributed by atoms with E-state index in [4.69, 9.17) is 4.52 Å². The van der Waals surface area contributed by atoms with Crippen molar-refractivity contribution in [3.8, 4) is 0 Å². The Morgan fingerprint density at radius 3 is 2.88 bits per heavy atom. The highest BCUT2D eigenvalue weighted by Crippen LogP contribution is 2.17. The molecule has 25 heavy (non-hydrogen) atoms. The summed E-state index contributed by atoms with van der Waals surface area (Å²) in [5.74, 6) is 0.754. The van der Waals surface area contributed by atoms with Gasteiger partial charge >= 0.3 is 0 Å². The van der Waals surface area contributed by atoms with E-state index in [-0.39, 0.29) is 24.3 Å². The van der Waals surface area contributed by atoms with Crippen LogP contribution in [0.25, 0.3) is 0 Å². The predicted molar refractivity (Wildman–Crippen MR) is 90.4 cm³/mol. The second-order valence-electron chi connectivity index (χ2n) is 6.29. The molecular formula is C18H22N4O3. The molecular weight excluding hydrogens is 320 g/mol. The van der Waals surface area contributed by atoms with Crippen molar-refractivity contribution in [2.45, 2.75) is 32.7 Å². The van der Waals surface area contributed by atoms with Crippen LogP contribution in [0, 0.1) is 5.92 Å². The number of benzene rings is 1. The fourth-order valence-electron chi connectivity index (χ4n) is 2.99. The van der Waals surface area contributed by atoms with Crippen LogP contribution in [0.4, 0.5) is 0 Å². The second kappa shape index (κ2) is 7.92. The van der Waals surface area contributed by atoms with Crippen molar-refractivity contribution < 1.29 is 14.1 Å². The van der Waals surface area contributed by atoms with Crippen LogP contribution in [0.5, 0.6) is 0 Å². The minimum Gasteiger partial charge on any atom is -0.348 e. The molecule has 1 aliphatic rings. The number of likely N-dealkylation sites (tertiary alicyclic amines) is 1. The van der Waals surface area contributed by atoms with Gasteiger partial charge in [-0.25, -0.2) is 0 Å². The Bertz CT molecular complexity index is 729. The number of amides is 2. The van der Waals surface area contributed by atoms with E-state index < -0.39 is 0 Å². The third-order valence-electron chi connectivity index (χ3n) is 4.37. The summed E-state index contributed by atoms with van der Waals surface area (Å²) >= 11 is 0. The summed E-state index contributed by atoms with van der Waals surface area (Å²) < 4.78 is 5.23. The maximum atomic E-state index is 12.3. The summed E-state index contributed by atoms with van der Waals surface area (Å²) in [4.78, 5) is 29.8. The van der Waals surface area contributed by atoms with Crippen molar-refractivity contribution in [2.75, 3.05) is 13.1 Å². The first-order valence-corrected chi connectivity index (χ1v) is 8.50. The van der Waals surface area contributed by atoms with Gasteiger partial charge in [-0.05, 0) is 18.4 Å². The molecule has 2 aromatic rings. The van der Waals surface area contributed by atoms with Crippen LogP contribution in [0.15, 0.2) is 34.9 Å². The first kappa shape index (κ1) is 17.1. The van der Waals surface area contributed by atoms with Gasteiger partial charge in [0.2, 0.25) is 17.7 Å². The lowest BCUT2D eigenvalue weighted by molar-refractivity contribution is -0.134. The summed E-state index contributed by atoms with van der Waals surface area (Å²) in [7, 11) is 0. The molecule has 1 atom stereocenters. The van der Waals surface area contributed by atoms with E-state index in [1.54, 1.807) is 4.90 Å². The number of hydrogen-bond donors (Lipinski definition) is 1. The Hall–Kier alpha value is -2.70. The maximum absolute atomic E-state index is 12.3. The normalized spacial score (nSPS) is 17.3. The number of nitrogens with one attached hydrogen (secondary N) is 1. The summed E-state index contributed by atoms with van der Waals surface area (Å²) in [6.45, 7) is 2.97. The maximum Gasteiger partial charge on any atom is 0.231 e. The van der Waals surface area contributed by atoms with Crippen molar-refractivity contribution in [2.24, 2.45) is 5.92 Å². The number of carbonyl (C=O) groups excluding carboxylic acids is 2. The van der Waals surface area contributed by atoms with Crippen LogP contribution in [-0.2, 0) is 22.6 Å². The molecule has 0 unspecified atom stereocenters. The molecule has 0 saturated carbocycles. The average molecular weight is 342 g/mol. The quantitative estimate of drug-likeness (QED) is 0.890. The van der Waals surface area contributed by atoms with Gasteiger partial charge in [0.1, 0.15) is 0 Å². The smallest absolute Gasteiger partial charge is 0.231 e. The summed E-state index contributed by atoms with van der Waals surface area (Å²) in [6.07, 6.45) is 2.21. The molecule has 1 saturated heterocycles. The topological polar surface area (TPSA) is 88.3 Å². The molecule has 1 aliphatic heterocycles. The van der Waals surface area contributed by atoms with Crippen molar-refractivity contribution in [3.63, 3.8) is 0 Å². The molecule has 132 valence electrons. The van der Waals surface area contributed by atoms with Gasteiger partial charge in [0.25, 0.3) is 0 Å². The average Bonchev–Trinajstić information content (AvgIpc) is 3.08. The minimum absolute atomic E-state index is 0.0150. The molecule has 2 heterocycles. The van der Waals surface area contributed by atoms with Gasteiger partial charge in [-0.15, -0.1) is 0 Å². The summed E-state index contributed by atoms with van der Waals surface area (Å²) in [6, 6.07) is 9.87. The van der Waals surface area contributed by atoms with Crippen molar-refractivity contribution >= 4 is 11.8 Å². The van der Waals surface area contributed by atoms with E-state index >= 15 is 0 Å². The molecule has 1 fully saturated rings. The van der Waals surface area contributed by atoms with Crippen molar-refractivity contribution in [3.05, 3.63) is 47.6 Å². The largest absolute Gasteiger partial charge is 0.348 e. The zero-order valence-corrected chi connectivity index (χ0v) is 14.3. The third kappa shape index (κ3) is 4.65. The Morgan fingerprint density at radius 1 is 1.32 bits per heavy atom. The van der Waals surface area contributed by atoms with Gasteiger partial charge in [-0.3, -0.25) is 9.59 Å². The molecule has 0 radical (unpaired) electrons. The molecule has 1 aromatic carbocycles. The molecule has 3 rings (SSSR count). The van der Waals surface area contributed by atoms with E-state index in [0.29, 0.717) is 24.7 Å². The van der Waals surface area contributed by atoms with Crippen LogP contribution in [-0.4, -0.2) is 39.9 Å². The van der Waals surface area contributed by atoms with E-state index in [0.717, 1.165) is 24.9 Å². The summed E-state index contributed by atoms with van der Waals surface area (Å²) in [5, 5.41) is 6.75. The van der Waals surface area contributed by atoms with Crippen LogP contribution in [0.1, 0.15) is 37.0 Å². The lowest BCUT2D eigenvalue weighted by atomic mass is 9.97. The van der Waals surface area contributed by atoms with Gasteiger partial charge in [-0.2, -0.15) is 4.98 Å². The van der Waals surface area contributed by atoms with E-state index in [2.05, 4.69) is 15.5 Å². The minimum atomic E-state index is -0.173. The van der Waals surface area contributed by atoms with Crippen LogP contribution in [0.2, 0.25) is 0 Å². The molecule has 1 aromatic heterocycles. The van der Waals surface area contributed by atoms with E-state index in [1.165, 1.54) is 6.92 Å². The molecule has 7 nitrogen and oxygen atoms in total. The zero-order valence-electron chi connectivity index (χ0n) is 14.3. The fourth-order valence-corrected chi connectivity index (χ4v) is 2.99. The standard InChI is InChI=1S/C18H22N4O3/c1-13(23)22-9-5-8-15(12-22)18(24)19-11-16-20-17(25-21-16)10-14-6-3-2-4-7-14/h2-4,6-7,15H,5,8-12H2,1H3,(H,19,24)/t15-/m1/s1. The molecule has 7 heteroatoms. The zero-order chi connectivity index (χ0) is 17.6. The lowest BCUT2D eigenvalue weighted by Crippen LogP contribution is -2.44. The number of carbonyl (C=O) groups is 2. The monoisotopic (exact) mass is 342 g/mol. The van der Waals surface area contributed by atoms with Gasteiger partial charge in [-0.1, -0.05) is 35.5 Å². The number of aromatic nitrogens is 2. The molecule has 1 N–H and O–H groups in total. The second-order valence-corrected chi connectivity index (χ2v) is 6.29.